The quantitative estimate of drug-likeness (QED) is 0.661. The van der Waals surface area contributed by atoms with E-state index in [2.05, 4.69) is 18.7 Å². The third kappa shape index (κ3) is 4.36. The summed E-state index contributed by atoms with van der Waals surface area (Å²) in [6.45, 7) is 9.87. The SMILES string of the molecule is CCOP(=O)(CCN1[C@H](C)CC[C@H]1C)OCC. The molecule has 1 aliphatic heterocycles. The van der Waals surface area contributed by atoms with Crippen LogP contribution >= 0.6 is 7.60 Å². The summed E-state index contributed by atoms with van der Waals surface area (Å²) in [4.78, 5) is 2.41. The topological polar surface area (TPSA) is 38.8 Å². The Balaban J connectivity index is 2.48. The first-order valence-electron chi connectivity index (χ1n) is 6.66. The van der Waals surface area contributed by atoms with E-state index in [4.69, 9.17) is 9.05 Å². The van der Waals surface area contributed by atoms with Crippen LogP contribution in [0.25, 0.3) is 0 Å². The van der Waals surface area contributed by atoms with Crippen LogP contribution in [0.5, 0.6) is 0 Å². The summed E-state index contributed by atoms with van der Waals surface area (Å²) in [5.74, 6) is 0. The van der Waals surface area contributed by atoms with Crippen LogP contribution in [0.4, 0.5) is 0 Å². The van der Waals surface area contributed by atoms with E-state index < -0.39 is 7.60 Å². The molecule has 1 saturated heterocycles. The van der Waals surface area contributed by atoms with Crippen molar-refractivity contribution < 1.29 is 13.6 Å². The van der Waals surface area contributed by atoms with E-state index in [9.17, 15) is 4.57 Å². The predicted octanol–water partition coefficient (Wildman–Crippen LogP) is 3.13. The summed E-state index contributed by atoms with van der Waals surface area (Å²) < 4.78 is 22.9. The van der Waals surface area contributed by atoms with Gasteiger partial charge in [-0.25, -0.2) is 0 Å². The number of hydrogen-bond donors (Lipinski definition) is 0. The van der Waals surface area contributed by atoms with Crippen LogP contribution in [-0.2, 0) is 13.6 Å². The molecule has 1 heterocycles. The first kappa shape index (κ1) is 15.2. The van der Waals surface area contributed by atoms with Crippen molar-refractivity contribution in [3.05, 3.63) is 0 Å². The highest BCUT2D eigenvalue weighted by atomic mass is 31.2. The van der Waals surface area contributed by atoms with E-state index in [1.807, 2.05) is 13.8 Å². The summed E-state index contributed by atoms with van der Waals surface area (Å²) in [5, 5.41) is 0. The third-order valence-corrected chi connectivity index (χ3v) is 5.47. The molecule has 1 rings (SSSR count). The molecule has 0 aromatic rings. The molecule has 0 N–H and O–H groups in total. The maximum Gasteiger partial charge on any atom is 0.331 e. The van der Waals surface area contributed by atoms with Gasteiger partial charge in [0.05, 0.1) is 19.4 Å². The summed E-state index contributed by atoms with van der Waals surface area (Å²) >= 11 is 0. The summed E-state index contributed by atoms with van der Waals surface area (Å²) in [6.07, 6.45) is 2.97. The van der Waals surface area contributed by atoms with Crippen LogP contribution in [0, 0.1) is 0 Å². The third-order valence-electron chi connectivity index (χ3n) is 3.42. The van der Waals surface area contributed by atoms with Crippen molar-refractivity contribution in [1.29, 1.82) is 0 Å². The van der Waals surface area contributed by atoms with Gasteiger partial charge in [-0.1, -0.05) is 0 Å². The minimum Gasteiger partial charge on any atom is -0.309 e. The molecule has 0 aromatic carbocycles. The van der Waals surface area contributed by atoms with Crippen LogP contribution in [0.15, 0.2) is 0 Å². The molecule has 102 valence electrons. The smallest absolute Gasteiger partial charge is 0.309 e. The number of rotatable bonds is 7. The second kappa shape index (κ2) is 6.89. The van der Waals surface area contributed by atoms with Gasteiger partial charge in [0, 0.05) is 18.6 Å². The molecule has 0 spiro atoms. The Morgan fingerprint density at radius 1 is 1.12 bits per heavy atom. The molecule has 0 aromatic heterocycles. The monoisotopic (exact) mass is 263 g/mol. The summed E-state index contributed by atoms with van der Waals surface area (Å²) in [6, 6.07) is 1.17. The lowest BCUT2D eigenvalue weighted by Crippen LogP contribution is -2.35. The zero-order valence-corrected chi connectivity index (χ0v) is 12.4. The van der Waals surface area contributed by atoms with Crippen LogP contribution in [0.3, 0.4) is 0 Å². The number of nitrogens with zero attached hydrogens (tertiary/aromatic N) is 1. The lowest BCUT2D eigenvalue weighted by molar-refractivity contribution is 0.197. The molecule has 0 unspecified atom stereocenters. The Bertz CT molecular complexity index is 252. The second-order valence-electron chi connectivity index (χ2n) is 4.68. The Labute approximate surface area is 105 Å². The van der Waals surface area contributed by atoms with Gasteiger partial charge < -0.3 is 9.05 Å². The van der Waals surface area contributed by atoms with Gasteiger partial charge in [0.2, 0.25) is 0 Å². The fourth-order valence-electron chi connectivity index (χ4n) is 2.49. The molecule has 17 heavy (non-hydrogen) atoms. The second-order valence-corrected chi connectivity index (χ2v) is 6.87. The Hall–Kier alpha value is 0.110. The molecule has 0 saturated carbocycles. The van der Waals surface area contributed by atoms with E-state index >= 15 is 0 Å². The zero-order valence-electron chi connectivity index (χ0n) is 11.5. The van der Waals surface area contributed by atoms with E-state index in [1.165, 1.54) is 12.8 Å². The lowest BCUT2D eigenvalue weighted by Gasteiger charge is -2.27. The molecule has 5 heteroatoms. The molecule has 4 nitrogen and oxygen atoms in total. The normalized spacial score (nSPS) is 26.6. The average molecular weight is 263 g/mol. The number of likely N-dealkylation sites (tertiary alicyclic amines) is 1. The van der Waals surface area contributed by atoms with E-state index in [0.29, 0.717) is 31.5 Å². The minimum atomic E-state index is -2.87. The van der Waals surface area contributed by atoms with Crippen molar-refractivity contribution in [2.75, 3.05) is 25.9 Å². The van der Waals surface area contributed by atoms with E-state index in [-0.39, 0.29) is 0 Å². The molecule has 1 fully saturated rings. The molecule has 0 amide bonds. The van der Waals surface area contributed by atoms with Crippen molar-refractivity contribution in [3.63, 3.8) is 0 Å². The Kier molecular flexibility index (Phi) is 6.14. The van der Waals surface area contributed by atoms with Crippen molar-refractivity contribution >= 4 is 7.60 Å². The van der Waals surface area contributed by atoms with Crippen LogP contribution in [-0.4, -0.2) is 42.9 Å². The standard InChI is InChI=1S/C12H26NO3P/c1-5-15-17(14,16-6-2)10-9-13-11(3)7-8-12(13)4/h11-12H,5-10H2,1-4H3/t11-,12-/m1/s1. The van der Waals surface area contributed by atoms with Crippen molar-refractivity contribution in [1.82, 2.24) is 4.90 Å². The fourth-order valence-corrected chi connectivity index (χ4v) is 4.08. The number of hydrogen-bond acceptors (Lipinski definition) is 4. The molecule has 2 atom stereocenters. The minimum absolute atomic E-state index is 0.447. The maximum atomic E-state index is 12.3. The fraction of sp³-hybridized carbons (Fsp3) is 1.00. The van der Waals surface area contributed by atoms with E-state index in [0.717, 1.165) is 6.54 Å². The van der Waals surface area contributed by atoms with Gasteiger partial charge in [-0.3, -0.25) is 9.46 Å². The Morgan fingerprint density at radius 3 is 2.00 bits per heavy atom. The zero-order chi connectivity index (χ0) is 12.9. The highest BCUT2D eigenvalue weighted by Crippen LogP contribution is 2.48. The molecule has 0 radical (unpaired) electrons. The first-order valence-corrected chi connectivity index (χ1v) is 8.39. The largest absolute Gasteiger partial charge is 0.331 e. The summed E-state index contributed by atoms with van der Waals surface area (Å²) in [7, 11) is -2.87. The highest BCUT2D eigenvalue weighted by Gasteiger charge is 2.31. The van der Waals surface area contributed by atoms with Gasteiger partial charge in [0.15, 0.2) is 0 Å². The molecule has 0 aliphatic carbocycles. The van der Waals surface area contributed by atoms with Gasteiger partial charge in [0.1, 0.15) is 0 Å². The van der Waals surface area contributed by atoms with E-state index in [1.54, 1.807) is 0 Å². The predicted molar refractivity (Wildman–Crippen MR) is 70.6 cm³/mol. The highest BCUT2D eigenvalue weighted by molar-refractivity contribution is 7.53. The van der Waals surface area contributed by atoms with Gasteiger partial charge >= 0.3 is 7.60 Å². The molecule has 1 aliphatic rings. The van der Waals surface area contributed by atoms with Gasteiger partial charge in [-0.05, 0) is 40.5 Å². The van der Waals surface area contributed by atoms with Crippen LogP contribution in [0.2, 0.25) is 0 Å². The average Bonchev–Trinajstić information content (AvgIpc) is 2.57. The first-order chi connectivity index (χ1) is 8.02. The molecular formula is C12H26NO3P. The van der Waals surface area contributed by atoms with Gasteiger partial charge in [-0.15, -0.1) is 0 Å². The Morgan fingerprint density at radius 2 is 1.59 bits per heavy atom. The van der Waals surface area contributed by atoms with Crippen molar-refractivity contribution in [3.8, 4) is 0 Å². The maximum absolute atomic E-state index is 12.3. The van der Waals surface area contributed by atoms with Gasteiger partial charge in [-0.2, -0.15) is 0 Å². The summed E-state index contributed by atoms with van der Waals surface area (Å²) in [5.41, 5.74) is 0. The van der Waals surface area contributed by atoms with Crippen molar-refractivity contribution in [2.45, 2.75) is 52.6 Å². The molecular weight excluding hydrogens is 237 g/mol. The molecule has 0 bridgehead atoms. The van der Waals surface area contributed by atoms with Crippen molar-refractivity contribution in [2.24, 2.45) is 0 Å². The lowest BCUT2D eigenvalue weighted by atomic mass is 10.2. The van der Waals surface area contributed by atoms with Crippen LogP contribution in [0.1, 0.15) is 40.5 Å². The van der Waals surface area contributed by atoms with Gasteiger partial charge in [0.25, 0.3) is 0 Å². The van der Waals surface area contributed by atoms with Crippen LogP contribution < -0.4 is 0 Å².